The molecule has 1 aliphatic rings. The van der Waals surface area contributed by atoms with Gasteiger partial charge in [0.15, 0.2) is 0 Å². The standard InChI is InChI=1S/C43H54O4/c1-25(2)36-21-29(22-37(26(3)4)40(36)44)19-32-15-11-16-33(20-30-23-38(27(5)6)41(45)39(24-30)28(7)8)42(32)47-43(46)35-18-12-14-31-13-9-10-17-34(31)35/h9-10,12-14,17-18,21-28,32-33,42,44-45H,11,15-16,19-20H2,1-8H3. The average molecular weight is 635 g/mol. The number of ether oxygens (including phenoxy) is 1. The summed E-state index contributed by atoms with van der Waals surface area (Å²) >= 11 is 0. The molecule has 0 amide bonds. The summed E-state index contributed by atoms with van der Waals surface area (Å²) in [4.78, 5) is 14.1. The Hall–Kier alpha value is -3.79. The molecule has 4 heteroatoms. The molecule has 1 saturated carbocycles. The number of fused-ring (bicyclic) bond motifs is 1. The topological polar surface area (TPSA) is 66.8 Å². The van der Waals surface area contributed by atoms with Gasteiger partial charge in [-0.05, 0) is 99.6 Å². The molecule has 0 spiro atoms. The maximum Gasteiger partial charge on any atom is 0.339 e. The molecule has 1 fully saturated rings. The predicted octanol–water partition coefficient (Wildman–Crippen LogP) is 11.2. The molecule has 47 heavy (non-hydrogen) atoms. The molecular weight excluding hydrogens is 580 g/mol. The fourth-order valence-electron chi connectivity index (χ4n) is 7.67. The van der Waals surface area contributed by atoms with Crippen LogP contribution < -0.4 is 0 Å². The fraction of sp³-hybridized carbons (Fsp3) is 0.465. The molecule has 2 unspecified atom stereocenters. The van der Waals surface area contributed by atoms with Crippen molar-refractivity contribution in [3.05, 3.63) is 106 Å². The summed E-state index contributed by atoms with van der Waals surface area (Å²) in [6, 6.07) is 22.5. The number of rotatable bonds is 10. The second kappa shape index (κ2) is 14.5. The number of hydrogen-bond donors (Lipinski definition) is 2. The summed E-state index contributed by atoms with van der Waals surface area (Å²) in [7, 11) is 0. The number of phenols is 2. The van der Waals surface area contributed by atoms with Crippen LogP contribution in [0.2, 0.25) is 0 Å². The zero-order valence-corrected chi connectivity index (χ0v) is 29.6. The van der Waals surface area contributed by atoms with Gasteiger partial charge in [-0.3, -0.25) is 0 Å². The first-order chi connectivity index (χ1) is 22.3. The van der Waals surface area contributed by atoms with E-state index in [2.05, 4.69) is 79.7 Å². The normalized spacial score (nSPS) is 18.5. The molecule has 250 valence electrons. The highest BCUT2D eigenvalue weighted by Crippen LogP contribution is 2.41. The lowest BCUT2D eigenvalue weighted by Crippen LogP contribution is -2.39. The number of hydrogen-bond acceptors (Lipinski definition) is 4. The SMILES string of the molecule is CC(C)c1cc(CC2CCCC(Cc3cc(C(C)C)c(O)c(C(C)C)c3)C2OC(=O)c2cccc3ccccc23)cc(C(C)C)c1O. The van der Waals surface area contributed by atoms with Gasteiger partial charge in [0.1, 0.15) is 17.6 Å². The minimum Gasteiger partial charge on any atom is -0.507 e. The monoisotopic (exact) mass is 634 g/mol. The van der Waals surface area contributed by atoms with E-state index in [0.717, 1.165) is 65.1 Å². The Morgan fingerprint density at radius 3 is 1.53 bits per heavy atom. The van der Waals surface area contributed by atoms with Gasteiger partial charge in [0, 0.05) is 11.8 Å². The maximum absolute atomic E-state index is 14.1. The highest BCUT2D eigenvalue weighted by atomic mass is 16.5. The smallest absolute Gasteiger partial charge is 0.339 e. The van der Waals surface area contributed by atoms with E-state index in [1.165, 1.54) is 11.1 Å². The summed E-state index contributed by atoms with van der Waals surface area (Å²) in [6.45, 7) is 17.0. The molecule has 4 nitrogen and oxygen atoms in total. The Morgan fingerprint density at radius 2 is 1.09 bits per heavy atom. The van der Waals surface area contributed by atoms with E-state index in [1.807, 2.05) is 42.5 Å². The Kier molecular flexibility index (Phi) is 10.7. The van der Waals surface area contributed by atoms with Crippen molar-refractivity contribution in [1.29, 1.82) is 0 Å². The van der Waals surface area contributed by atoms with Crippen molar-refractivity contribution in [3.63, 3.8) is 0 Å². The lowest BCUT2D eigenvalue weighted by Gasteiger charge is -2.38. The molecule has 0 aliphatic heterocycles. The van der Waals surface area contributed by atoms with Gasteiger partial charge < -0.3 is 14.9 Å². The van der Waals surface area contributed by atoms with Crippen LogP contribution in [0.15, 0.2) is 66.7 Å². The van der Waals surface area contributed by atoms with E-state index in [4.69, 9.17) is 4.74 Å². The van der Waals surface area contributed by atoms with Gasteiger partial charge in [-0.2, -0.15) is 0 Å². The van der Waals surface area contributed by atoms with Crippen LogP contribution in [0.3, 0.4) is 0 Å². The van der Waals surface area contributed by atoms with Crippen molar-refractivity contribution >= 4 is 16.7 Å². The van der Waals surface area contributed by atoms with Crippen LogP contribution in [0.25, 0.3) is 10.8 Å². The van der Waals surface area contributed by atoms with E-state index in [-0.39, 0.29) is 47.6 Å². The molecule has 0 bridgehead atoms. The van der Waals surface area contributed by atoms with Crippen LogP contribution in [0.4, 0.5) is 0 Å². The fourth-order valence-corrected chi connectivity index (χ4v) is 7.67. The molecule has 2 N–H and O–H groups in total. The first kappa shape index (κ1) is 34.5. The summed E-state index contributed by atoms with van der Waals surface area (Å²) in [5.41, 5.74) is 6.92. The molecular formula is C43H54O4. The first-order valence-corrected chi connectivity index (χ1v) is 17.8. The van der Waals surface area contributed by atoms with Crippen LogP contribution >= 0.6 is 0 Å². The molecule has 0 heterocycles. The lowest BCUT2D eigenvalue weighted by molar-refractivity contribution is -0.0242. The molecule has 0 aromatic heterocycles. The van der Waals surface area contributed by atoms with Crippen LogP contribution in [0.5, 0.6) is 11.5 Å². The summed E-state index contributed by atoms with van der Waals surface area (Å²) < 4.78 is 6.68. The summed E-state index contributed by atoms with van der Waals surface area (Å²) in [6.07, 6.45) is 4.32. The van der Waals surface area contributed by atoms with Gasteiger partial charge >= 0.3 is 5.97 Å². The van der Waals surface area contributed by atoms with Crippen LogP contribution in [0.1, 0.15) is 142 Å². The molecule has 4 aromatic carbocycles. The van der Waals surface area contributed by atoms with E-state index in [0.29, 0.717) is 17.1 Å². The predicted molar refractivity (Wildman–Crippen MR) is 194 cm³/mol. The third-order valence-corrected chi connectivity index (χ3v) is 10.3. The van der Waals surface area contributed by atoms with E-state index >= 15 is 0 Å². The maximum atomic E-state index is 14.1. The number of esters is 1. The second-order valence-electron chi connectivity index (χ2n) is 15.1. The van der Waals surface area contributed by atoms with Crippen LogP contribution in [0, 0.1) is 11.8 Å². The van der Waals surface area contributed by atoms with Gasteiger partial charge in [-0.15, -0.1) is 0 Å². The Balaban J connectivity index is 1.54. The molecule has 5 rings (SSSR count). The van der Waals surface area contributed by atoms with E-state index in [9.17, 15) is 15.0 Å². The molecule has 4 aromatic rings. The van der Waals surface area contributed by atoms with Gasteiger partial charge in [-0.1, -0.05) is 122 Å². The van der Waals surface area contributed by atoms with Crippen LogP contribution in [-0.4, -0.2) is 22.3 Å². The van der Waals surface area contributed by atoms with Crippen molar-refractivity contribution in [1.82, 2.24) is 0 Å². The largest absolute Gasteiger partial charge is 0.507 e. The Morgan fingerprint density at radius 1 is 0.660 bits per heavy atom. The number of benzene rings is 4. The van der Waals surface area contributed by atoms with E-state index < -0.39 is 0 Å². The van der Waals surface area contributed by atoms with Gasteiger partial charge in [-0.25, -0.2) is 4.79 Å². The molecule has 0 radical (unpaired) electrons. The van der Waals surface area contributed by atoms with Crippen molar-refractivity contribution in [3.8, 4) is 11.5 Å². The lowest BCUT2D eigenvalue weighted by atomic mass is 9.73. The number of aromatic hydroxyl groups is 2. The van der Waals surface area contributed by atoms with Crippen molar-refractivity contribution in [2.45, 2.75) is 117 Å². The van der Waals surface area contributed by atoms with Crippen molar-refractivity contribution in [2.24, 2.45) is 11.8 Å². The molecule has 0 saturated heterocycles. The third-order valence-electron chi connectivity index (χ3n) is 10.3. The number of carbonyl (C=O) groups is 1. The first-order valence-electron chi connectivity index (χ1n) is 17.8. The summed E-state index contributed by atoms with van der Waals surface area (Å²) in [5.74, 6) is 1.64. The highest BCUT2D eigenvalue weighted by Gasteiger charge is 2.37. The highest BCUT2D eigenvalue weighted by molar-refractivity contribution is 6.04. The number of carbonyl (C=O) groups excluding carboxylic acids is 1. The average Bonchev–Trinajstić information content (AvgIpc) is 3.03. The molecule has 2 atom stereocenters. The van der Waals surface area contributed by atoms with E-state index in [1.54, 1.807) is 0 Å². The van der Waals surface area contributed by atoms with Gasteiger partial charge in [0.05, 0.1) is 5.56 Å². The Bertz CT molecular complexity index is 1570. The van der Waals surface area contributed by atoms with Gasteiger partial charge in [0.2, 0.25) is 0 Å². The Labute approximate surface area is 282 Å². The third kappa shape index (κ3) is 7.53. The van der Waals surface area contributed by atoms with Crippen molar-refractivity contribution < 1.29 is 19.7 Å². The van der Waals surface area contributed by atoms with Crippen LogP contribution in [-0.2, 0) is 17.6 Å². The summed E-state index contributed by atoms with van der Waals surface area (Å²) in [5, 5.41) is 24.1. The zero-order valence-electron chi connectivity index (χ0n) is 29.6. The minimum absolute atomic E-state index is 0.142. The quantitative estimate of drug-likeness (QED) is 0.170. The zero-order chi connectivity index (χ0) is 34.0. The van der Waals surface area contributed by atoms with Gasteiger partial charge in [0.25, 0.3) is 0 Å². The molecule has 1 aliphatic carbocycles. The number of phenolic OH excluding ortho intramolecular Hbond substituents is 2. The second-order valence-corrected chi connectivity index (χ2v) is 15.1. The minimum atomic E-state index is -0.271. The van der Waals surface area contributed by atoms with Crippen molar-refractivity contribution in [2.75, 3.05) is 0 Å².